The number of nitrogens with zero attached hydrogens (tertiary/aromatic N) is 3. The minimum Gasteiger partial charge on any atom is -0.492 e. The van der Waals surface area contributed by atoms with E-state index < -0.39 is 0 Å². The molecule has 5 nitrogen and oxygen atoms in total. The molecule has 1 fully saturated rings. The first-order valence-electron chi connectivity index (χ1n) is 8.25. The van der Waals surface area contributed by atoms with Crippen molar-refractivity contribution in [1.29, 1.82) is 0 Å². The average Bonchev–Trinajstić information content (AvgIpc) is 2.58. The Labute approximate surface area is 136 Å². The molecule has 1 aliphatic rings. The lowest BCUT2D eigenvalue weighted by atomic mass is 10.1. The van der Waals surface area contributed by atoms with E-state index in [1.165, 1.54) is 6.42 Å². The lowest BCUT2D eigenvalue weighted by Gasteiger charge is -2.29. The lowest BCUT2D eigenvalue weighted by Crippen LogP contribution is -2.37. The van der Waals surface area contributed by atoms with Gasteiger partial charge >= 0.3 is 0 Å². The minimum atomic E-state index is -0.00487. The monoisotopic (exact) mass is 313 g/mol. The van der Waals surface area contributed by atoms with E-state index in [0.717, 1.165) is 43.3 Å². The van der Waals surface area contributed by atoms with Gasteiger partial charge in [-0.2, -0.15) is 0 Å². The number of benzene rings is 1. The molecule has 2 aromatic rings. The second-order valence-electron chi connectivity index (χ2n) is 5.90. The summed E-state index contributed by atoms with van der Waals surface area (Å²) in [7, 11) is 0. The summed E-state index contributed by atoms with van der Waals surface area (Å²) in [5.74, 6) is 1.60. The van der Waals surface area contributed by atoms with Gasteiger partial charge < -0.3 is 9.64 Å². The SMILES string of the molecule is Cc1cc(=O)n(CCOc2ccccc2)c(N2CCCCC2)n1. The standard InChI is InChI=1S/C18H23N3O2/c1-15-14-17(22)21(12-13-23-16-8-4-2-5-9-16)18(19-15)20-10-6-3-7-11-20/h2,4-5,8-9,14H,3,6-7,10-13H2,1H3. The molecule has 0 bridgehead atoms. The van der Waals surface area contributed by atoms with Crippen molar-refractivity contribution in [3.8, 4) is 5.75 Å². The Kier molecular flexibility index (Phi) is 4.95. The second-order valence-corrected chi connectivity index (χ2v) is 5.90. The van der Waals surface area contributed by atoms with E-state index in [1.807, 2.05) is 37.3 Å². The topological polar surface area (TPSA) is 47.4 Å². The third-order valence-corrected chi connectivity index (χ3v) is 4.08. The van der Waals surface area contributed by atoms with Crippen LogP contribution in [0.5, 0.6) is 5.75 Å². The lowest BCUT2D eigenvalue weighted by molar-refractivity contribution is 0.295. The highest BCUT2D eigenvalue weighted by molar-refractivity contribution is 5.32. The van der Waals surface area contributed by atoms with Crippen LogP contribution in [0.1, 0.15) is 25.0 Å². The summed E-state index contributed by atoms with van der Waals surface area (Å²) in [6, 6.07) is 11.3. The number of hydrogen-bond acceptors (Lipinski definition) is 4. The molecule has 0 N–H and O–H groups in total. The summed E-state index contributed by atoms with van der Waals surface area (Å²) >= 11 is 0. The van der Waals surface area contributed by atoms with Crippen LogP contribution >= 0.6 is 0 Å². The molecule has 23 heavy (non-hydrogen) atoms. The Hall–Kier alpha value is -2.30. The van der Waals surface area contributed by atoms with Crippen molar-refractivity contribution in [2.75, 3.05) is 24.6 Å². The van der Waals surface area contributed by atoms with Gasteiger partial charge in [-0.1, -0.05) is 18.2 Å². The zero-order valence-electron chi connectivity index (χ0n) is 13.6. The molecule has 0 atom stereocenters. The van der Waals surface area contributed by atoms with Gasteiger partial charge in [0, 0.05) is 24.8 Å². The highest BCUT2D eigenvalue weighted by Gasteiger charge is 2.17. The molecule has 0 aliphatic carbocycles. The first-order chi connectivity index (χ1) is 11.2. The molecular weight excluding hydrogens is 290 g/mol. The van der Waals surface area contributed by atoms with Crippen LogP contribution in [0.2, 0.25) is 0 Å². The highest BCUT2D eigenvalue weighted by atomic mass is 16.5. The predicted molar refractivity (Wildman–Crippen MR) is 91.2 cm³/mol. The Bertz CT molecular complexity index is 691. The Balaban J connectivity index is 1.76. The predicted octanol–water partition coefficient (Wildman–Crippen LogP) is 2.62. The number of anilines is 1. The van der Waals surface area contributed by atoms with Crippen molar-refractivity contribution in [2.45, 2.75) is 32.7 Å². The molecule has 3 rings (SSSR count). The molecule has 1 aliphatic heterocycles. The van der Waals surface area contributed by atoms with Crippen molar-refractivity contribution >= 4 is 5.95 Å². The Morgan fingerprint density at radius 3 is 2.61 bits per heavy atom. The maximum absolute atomic E-state index is 12.4. The van der Waals surface area contributed by atoms with Gasteiger partial charge in [0.1, 0.15) is 12.4 Å². The van der Waals surface area contributed by atoms with E-state index in [1.54, 1.807) is 10.6 Å². The van der Waals surface area contributed by atoms with Crippen LogP contribution in [0.4, 0.5) is 5.95 Å². The van der Waals surface area contributed by atoms with Crippen LogP contribution in [-0.2, 0) is 6.54 Å². The minimum absolute atomic E-state index is 0.00487. The number of rotatable bonds is 5. The summed E-state index contributed by atoms with van der Waals surface area (Å²) in [6.07, 6.45) is 3.57. The Morgan fingerprint density at radius 1 is 1.13 bits per heavy atom. The fourth-order valence-electron chi connectivity index (χ4n) is 2.92. The smallest absolute Gasteiger partial charge is 0.255 e. The van der Waals surface area contributed by atoms with Crippen LogP contribution < -0.4 is 15.2 Å². The van der Waals surface area contributed by atoms with Crippen LogP contribution in [0.25, 0.3) is 0 Å². The number of aromatic nitrogens is 2. The molecular formula is C18H23N3O2. The second kappa shape index (κ2) is 7.31. The van der Waals surface area contributed by atoms with E-state index in [4.69, 9.17) is 4.74 Å². The van der Waals surface area contributed by atoms with Crippen LogP contribution in [0.15, 0.2) is 41.2 Å². The van der Waals surface area contributed by atoms with Crippen molar-refractivity contribution in [3.63, 3.8) is 0 Å². The quantitative estimate of drug-likeness (QED) is 0.851. The number of para-hydroxylation sites is 1. The highest BCUT2D eigenvalue weighted by Crippen LogP contribution is 2.17. The van der Waals surface area contributed by atoms with Crippen molar-refractivity contribution < 1.29 is 4.74 Å². The summed E-state index contributed by atoms with van der Waals surface area (Å²) in [5, 5.41) is 0. The molecule has 0 amide bonds. The van der Waals surface area contributed by atoms with Crippen LogP contribution in [-0.4, -0.2) is 29.2 Å². The van der Waals surface area contributed by atoms with E-state index in [0.29, 0.717) is 13.2 Å². The third-order valence-electron chi connectivity index (χ3n) is 4.08. The van der Waals surface area contributed by atoms with Gasteiger partial charge in [0.2, 0.25) is 5.95 Å². The molecule has 1 aromatic heterocycles. The number of piperidine rings is 1. The van der Waals surface area contributed by atoms with Crippen LogP contribution in [0.3, 0.4) is 0 Å². The average molecular weight is 313 g/mol. The van der Waals surface area contributed by atoms with Gasteiger partial charge in [0.15, 0.2) is 0 Å². The van der Waals surface area contributed by atoms with E-state index in [-0.39, 0.29) is 5.56 Å². The number of hydrogen-bond donors (Lipinski definition) is 0. The molecule has 0 spiro atoms. The van der Waals surface area contributed by atoms with E-state index in [2.05, 4.69) is 9.88 Å². The van der Waals surface area contributed by atoms with Gasteiger partial charge in [-0.05, 0) is 38.3 Å². The summed E-state index contributed by atoms with van der Waals surface area (Å²) in [5.41, 5.74) is 0.769. The fraction of sp³-hybridized carbons (Fsp3) is 0.444. The summed E-state index contributed by atoms with van der Waals surface area (Å²) < 4.78 is 7.47. The van der Waals surface area contributed by atoms with Gasteiger partial charge in [-0.25, -0.2) is 4.98 Å². The number of ether oxygens (including phenoxy) is 1. The van der Waals surface area contributed by atoms with E-state index >= 15 is 0 Å². The van der Waals surface area contributed by atoms with Gasteiger partial charge in [0.25, 0.3) is 5.56 Å². The zero-order chi connectivity index (χ0) is 16.1. The Morgan fingerprint density at radius 2 is 1.87 bits per heavy atom. The van der Waals surface area contributed by atoms with Gasteiger partial charge in [-0.15, -0.1) is 0 Å². The summed E-state index contributed by atoms with van der Waals surface area (Å²) in [4.78, 5) is 19.2. The third kappa shape index (κ3) is 3.92. The molecule has 0 unspecified atom stereocenters. The maximum Gasteiger partial charge on any atom is 0.255 e. The normalized spacial score (nSPS) is 14.7. The van der Waals surface area contributed by atoms with Crippen molar-refractivity contribution in [3.05, 3.63) is 52.4 Å². The van der Waals surface area contributed by atoms with Crippen LogP contribution in [0, 0.1) is 6.92 Å². The first-order valence-corrected chi connectivity index (χ1v) is 8.25. The molecule has 1 aromatic carbocycles. The fourth-order valence-corrected chi connectivity index (χ4v) is 2.92. The molecule has 5 heteroatoms. The maximum atomic E-state index is 12.4. The molecule has 2 heterocycles. The summed E-state index contributed by atoms with van der Waals surface area (Å²) in [6.45, 7) is 4.77. The molecule has 0 radical (unpaired) electrons. The largest absolute Gasteiger partial charge is 0.492 e. The molecule has 122 valence electrons. The molecule has 0 saturated carbocycles. The van der Waals surface area contributed by atoms with Crippen molar-refractivity contribution in [1.82, 2.24) is 9.55 Å². The number of aryl methyl sites for hydroxylation is 1. The van der Waals surface area contributed by atoms with E-state index in [9.17, 15) is 4.79 Å². The zero-order valence-corrected chi connectivity index (χ0v) is 13.6. The molecule has 1 saturated heterocycles. The van der Waals surface area contributed by atoms with Crippen molar-refractivity contribution in [2.24, 2.45) is 0 Å². The first kappa shape index (κ1) is 15.6. The van der Waals surface area contributed by atoms with Gasteiger partial charge in [0.05, 0.1) is 6.54 Å². The van der Waals surface area contributed by atoms with Gasteiger partial charge in [-0.3, -0.25) is 9.36 Å².